The second kappa shape index (κ2) is 3.39. The van der Waals surface area contributed by atoms with Crippen molar-refractivity contribution >= 4 is 0 Å². The first-order valence-electron chi connectivity index (χ1n) is 6.17. The van der Waals surface area contributed by atoms with E-state index >= 15 is 0 Å². The highest BCUT2D eigenvalue weighted by atomic mass is 16.5. The van der Waals surface area contributed by atoms with E-state index in [1.165, 1.54) is 18.4 Å². The highest BCUT2D eigenvalue weighted by molar-refractivity contribution is 5.55. The third-order valence-electron chi connectivity index (χ3n) is 4.41. The van der Waals surface area contributed by atoms with Crippen molar-refractivity contribution in [1.82, 2.24) is 0 Å². The molecule has 0 atom stereocenters. The Kier molecular flexibility index (Phi) is 2.17. The Morgan fingerprint density at radius 3 is 2.24 bits per heavy atom. The smallest absolute Gasteiger partial charge is 0.164 e. The van der Waals surface area contributed by atoms with E-state index in [2.05, 4.69) is 6.07 Å². The van der Waals surface area contributed by atoms with E-state index in [1.54, 1.807) is 14.2 Å². The van der Waals surface area contributed by atoms with Gasteiger partial charge in [0.15, 0.2) is 11.5 Å². The summed E-state index contributed by atoms with van der Waals surface area (Å²) in [5.74, 6) is 1.67. The first-order valence-corrected chi connectivity index (χ1v) is 6.17. The number of hydrogen-bond acceptors (Lipinski definition) is 3. The van der Waals surface area contributed by atoms with Gasteiger partial charge < -0.3 is 15.2 Å². The molecular formula is C14H19NO2. The van der Waals surface area contributed by atoms with Crippen molar-refractivity contribution in [2.24, 2.45) is 5.73 Å². The van der Waals surface area contributed by atoms with Crippen LogP contribution in [0.2, 0.25) is 0 Å². The molecule has 2 N–H and O–H groups in total. The van der Waals surface area contributed by atoms with Gasteiger partial charge in [0, 0.05) is 16.5 Å². The van der Waals surface area contributed by atoms with E-state index in [0.29, 0.717) is 0 Å². The Hall–Kier alpha value is -1.22. The molecule has 3 nitrogen and oxygen atoms in total. The summed E-state index contributed by atoms with van der Waals surface area (Å²) in [6, 6.07) is 6.11. The van der Waals surface area contributed by atoms with E-state index in [4.69, 9.17) is 15.2 Å². The summed E-state index contributed by atoms with van der Waals surface area (Å²) in [5, 5.41) is 0. The molecule has 2 aliphatic carbocycles. The zero-order chi connectivity index (χ0) is 12.1. The Morgan fingerprint density at radius 1 is 1.06 bits per heavy atom. The molecule has 0 bridgehead atoms. The average Bonchev–Trinajstić information content (AvgIpc) is 3.23. The zero-order valence-electron chi connectivity index (χ0n) is 10.5. The molecule has 2 saturated carbocycles. The van der Waals surface area contributed by atoms with Gasteiger partial charge in [-0.15, -0.1) is 0 Å². The van der Waals surface area contributed by atoms with Crippen LogP contribution >= 0.6 is 0 Å². The quantitative estimate of drug-likeness (QED) is 0.867. The summed E-state index contributed by atoms with van der Waals surface area (Å²) < 4.78 is 10.9. The van der Waals surface area contributed by atoms with Crippen molar-refractivity contribution in [3.8, 4) is 11.5 Å². The molecule has 3 heteroatoms. The molecule has 0 amide bonds. The Labute approximate surface area is 102 Å². The normalized spacial score (nSPS) is 23.0. The van der Waals surface area contributed by atoms with E-state index in [1.807, 2.05) is 12.1 Å². The third kappa shape index (κ3) is 1.38. The molecular weight excluding hydrogens is 214 g/mol. The Balaban J connectivity index is 2.09. The maximum Gasteiger partial charge on any atom is 0.164 e. The molecule has 0 heterocycles. The molecule has 2 aliphatic rings. The van der Waals surface area contributed by atoms with Gasteiger partial charge in [0.05, 0.1) is 14.2 Å². The second-order valence-electron chi connectivity index (χ2n) is 5.28. The Morgan fingerprint density at radius 2 is 1.76 bits per heavy atom. The van der Waals surface area contributed by atoms with Gasteiger partial charge in [-0.1, -0.05) is 12.1 Å². The molecule has 92 valence electrons. The van der Waals surface area contributed by atoms with Crippen molar-refractivity contribution in [3.05, 3.63) is 23.8 Å². The highest BCUT2D eigenvalue weighted by Crippen LogP contribution is 2.65. The lowest BCUT2D eigenvalue weighted by Crippen LogP contribution is -2.37. The van der Waals surface area contributed by atoms with Gasteiger partial charge in [-0.05, 0) is 31.7 Å². The number of para-hydroxylation sites is 1. The number of nitrogens with two attached hydrogens (primary N) is 1. The number of benzene rings is 1. The minimum atomic E-state index is 0.00659. The van der Waals surface area contributed by atoms with Crippen LogP contribution in [0.25, 0.3) is 0 Å². The monoisotopic (exact) mass is 233 g/mol. The fourth-order valence-corrected chi connectivity index (χ4v) is 3.04. The van der Waals surface area contributed by atoms with Gasteiger partial charge in [-0.2, -0.15) is 0 Å². The lowest BCUT2D eigenvalue weighted by molar-refractivity contribution is 0.344. The average molecular weight is 233 g/mol. The third-order valence-corrected chi connectivity index (χ3v) is 4.41. The second-order valence-corrected chi connectivity index (χ2v) is 5.28. The minimum Gasteiger partial charge on any atom is -0.493 e. The summed E-state index contributed by atoms with van der Waals surface area (Å²) >= 11 is 0. The zero-order valence-corrected chi connectivity index (χ0v) is 10.5. The number of rotatable bonds is 4. The van der Waals surface area contributed by atoms with Crippen molar-refractivity contribution in [1.29, 1.82) is 0 Å². The van der Waals surface area contributed by atoms with Crippen molar-refractivity contribution in [2.45, 2.75) is 36.6 Å². The van der Waals surface area contributed by atoms with Crippen LogP contribution in [0, 0.1) is 0 Å². The van der Waals surface area contributed by atoms with Crippen molar-refractivity contribution < 1.29 is 9.47 Å². The number of hydrogen-bond donors (Lipinski definition) is 1. The summed E-state index contributed by atoms with van der Waals surface area (Å²) in [5.41, 5.74) is 7.83. The standard InChI is InChI=1S/C14H19NO2/c1-16-11-5-3-4-10(12(11)17-2)13(6-7-13)14(15)8-9-14/h3-5H,6-9,15H2,1-2H3. The van der Waals surface area contributed by atoms with E-state index in [9.17, 15) is 0 Å². The van der Waals surface area contributed by atoms with Crippen LogP contribution in [0.5, 0.6) is 11.5 Å². The largest absolute Gasteiger partial charge is 0.493 e. The molecule has 0 saturated heterocycles. The fourth-order valence-electron chi connectivity index (χ4n) is 3.04. The van der Waals surface area contributed by atoms with Crippen molar-refractivity contribution in [3.63, 3.8) is 0 Å². The van der Waals surface area contributed by atoms with Gasteiger partial charge in [0.25, 0.3) is 0 Å². The molecule has 2 fully saturated rings. The van der Waals surface area contributed by atoms with E-state index in [0.717, 1.165) is 24.3 Å². The van der Waals surface area contributed by atoms with Crippen LogP contribution in [-0.4, -0.2) is 19.8 Å². The van der Waals surface area contributed by atoms with Gasteiger partial charge in [0.2, 0.25) is 0 Å². The van der Waals surface area contributed by atoms with Crippen LogP contribution in [0.1, 0.15) is 31.2 Å². The fraction of sp³-hybridized carbons (Fsp3) is 0.571. The molecule has 0 spiro atoms. The lowest BCUT2D eigenvalue weighted by Gasteiger charge is -2.26. The molecule has 0 aliphatic heterocycles. The predicted octanol–water partition coefficient (Wildman–Crippen LogP) is 2.23. The lowest BCUT2D eigenvalue weighted by atomic mass is 9.85. The molecule has 17 heavy (non-hydrogen) atoms. The SMILES string of the molecule is COc1cccc(C2(C3(N)CC3)CC2)c1OC. The van der Waals surface area contributed by atoms with Gasteiger partial charge in [-0.3, -0.25) is 0 Å². The number of ether oxygens (including phenoxy) is 2. The molecule has 0 unspecified atom stereocenters. The summed E-state index contributed by atoms with van der Waals surface area (Å²) in [6.45, 7) is 0. The van der Waals surface area contributed by atoms with Gasteiger partial charge >= 0.3 is 0 Å². The maximum absolute atomic E-state index is 6.44. The number of methoxy groups -OCH3 is 2. The maximum atomic E-state index is 6.44. The topological polar surface area (TPSA) is 44.5 Å². The van der Waals surface area contributed by atoms with Crippen LogP contribution < -0.4 is 15.2 Å². The van der Waals surface area contributed by atoms with Crippen molar-refractivity contribution in [2.75, 3.05) is 14.2 Å². The molecule has 1 aromatic rings. The van der Waals surface area contributed by atoms with Crippen LogP contribution in [-0.2, 0) is 5.41 Å². The Bertz CT molecular complexity index is 448. The van der Waals surface area contributed by atoms with E-state index < -0.39 is 0 Å². The molecule has 0 radical (unpaired) electrons. The minimum absolute atomic E-state index is 0.00659. The van der Waals surface area contributed by atoms with Crippen LogP contribution in [0.15, 0.2) is 18.2 Å². The van der Waals surface area contributed by atoms with Crippen LogP contribution in [0.3, 0.4) is 0 Å². The molecule has 0 aromatic heterocycles. The summed E-state index contributed by atoms with van der Waals surface area (Å²) in [6.07, 6.45) is 4.61. The highest BCUT2D eigenvalue weighted by Gasteiger charge is 2.65. The summed E-state index contributed by atoms with van der Waals surface area (Å²) in [4.78, 5) is 0. The predicted molar refractivity (Wildman–Crippen MR) is 66.6 cm³/mol. The van der Waals surface area contributed by atoms with Crippen LogP contribution in [0.4, 0.5) is 0 Å². The van der Waals surface area contributed by atoms with E-state index in [-0.39, 0.29) is 11.0 Å². The molecule has 3 rings (SSSR count). The van der Waals surface area contributed by atoms with Gasteiger partial charge in [-0.25, -0.2) is 0 Å². The van der Waals surface area contributed by atoms with Gasteiger partial charge in [0.1, 0.15) is 0 Å². The first kappa shape index (κ1) is 10.9. The summed E-state index contributed by atoms with van der Waals surface area (Å²) in [7, 11) is 3.38. The molecule has 1 aromatic carbocycles. The first-order chi connectivity index (χ1) is 8.17.